The average Bonchev–Trinajstić information content (AvgIpc) is 2.87. The maximum absolute atomic E-state index is 4.14. The van der Waals surface area contributed by atoms with E-state index in [0.717, 1.165) is 18.7 Å². The van der Waals surface area contributed by atoms with Crippen LogP contribution in [-0.4, -0.2) is 23.9 Å². The average molecular weight is 256 g/mol. The third kappa shape index (κ3) is 3.69. The van der Waals surface area contributed by atoms with Gasteiger partial charge in [0.05, 0.1) is 6.20 Å². The normalized spacial score (nSPS) is 10.4. The van der Waals surface area contributed by atoms with Crippen molar-refractivity contribution in [3.05, 3.63) is 54.4 Å². The van der Waals surface area contributed by atoms with Crippen LogP contribution in [-0.2, 0) is 13.1 Å². The Morgan fingerprint density at radius 2 is 1.89 bits per heavy atom. The number of aromatic nitrogens is 2. The fourth-order valence-corrected chi connectivity index (χ4v) is 1.83. The molecule has 4 nitrogen and oxygen atoms in total. The first-order valence-electron chi connectivity index (χ1n) is 6.31. The van der Waals surface area contributed by atoms with E-state index in [1.165, 1.54) is 11.3 Å². The highest BCUT2D eigenvalue weighted by atomic mass is 15.2. The molecule has 0 amide bonds. The molecular formula is C15H20N4. The minimum Gasteiger partial charge on any atom is -0.378 e. The molecule has 1 aromatic carbocycles. The maximum atomic E-state index is 4.14. The molecule has 4 heteroatoms. The topological polar surface area (TPSA) is 33.1 Å². The van der Waals surface area contributed by atoms with E-state index in [1.54, 1.807) is 10.9 Å². The first-order chi connectivity index (χ1) is 9.19. The van der Waals surface area contributed by atoms with Crippen LogP contribution in [0.25, 0.3) is 6.20 Å². The highest BCUT2D eigenvalue weighted by Gasteiger charge is 1.98. The van der Waals surface area contributed by atoms with Gasteiger partial charge in [0.15, 0.2) is 0 Å². The standard InChI is InChI=1S/C15H20N4/c1-4-19-12-14(11-17-19)10-16-9-13-5-7-15(8-6-13)18(2)3/h4-8,11-12,16H,1,9-10H2,2-3H3. The molecule has 0 aliphatic rings. The third-order valence-corrected chi connectivity index (χ3v) is 2.95. The van der Waals surface area contributed by atoms with Crippen molar-refractivity contribution in [1.82, 2.24) is 15.1 Å². The fraction of sp³-hybridized carbons (Fsp3) is 0.267. The predicted molar refractivity (Wildman–Crippen MR) is 79.9 cm³/mol. The van der Waals surface area contributed by atoms with E-state index in [9.17, 15) is 0 Å². The molecule has 0 unspecified atom stereocenters. The summed E-state index contributed by atoms with van der Waals surface area (Å²) in [7, 11) is 4.09. The van der Waals surface area contributed by atoms with Gasteiger partial charge in [-0.1, -0.05) is 18.7 Å². The quantitative estimate of drug-likeness (QED) is 0.861. The molecule has 0 bridgehead atoms. The first-order valence-corrected chi connectivity index (χ1v) is 6.31. The van der Waals surface area contributed by atoms with Gasteiger partial charge in [-0.3, -0.25) is 0 Å². The summed E-state index contributed by atoms with van der Waals surface area (Å²) in [6, 6.07) is 8.56. The summed E-state index contributed by atoms with van der Waals surface area (Å²) in [6.45, 7) is 5.33. The Kier molecular flexibility index (Phi) is 4.36. The summed E-state index contributed by atoms with van der Waals surface area (Å²) in [4.78, 5) is 2.10. The Bertz CT molecular complexity index is 525. The van der Waals surface area contributed by atoms with Crippen LogP contribution in [0.3, 0.4) is 0 Å². The lowest BCUT2D eigenvalue weighted by Gasteiger charge is -2.12. The Labute approximate surface area is 114 Å². The Morgan fingerprint density at radius 3 is 2.47 bits per heavy atom. The molecule has 0 aliphatic carbocycles. The zero-order valence-electron chi connectivity index (χ0n) is 11.5. The minimum absolute atomic E-state index is 0.809. The number of benzene rings is 1. The molecule has 2 aromatic rings. The minimum atomic E-state index is 0.809. The smallest absolute Gasteiger partial charge is 0.0538 e. The number of nitrogens with zero attached hydrogens (tertiary/aromatic N) is 3. The molecule has 1 heterocycles. The van der Waals surface area contributed by atoms with Gasteiger partial charge in [-0.05, 0) is 17.7 Å². The number of hydrogen-bond donors (Lipinski definition) is 1. The molecule has 100 valence electrons. The van der Waals surface area contributed by atoms with Crippen molar-refractivity contribution in [2.24, 2.45) is 0 Å². The largest absolute Gasteiger partial charge is 0.378 e. The van der Waals surface area contributed by atoms with Gasteiger partial charge in [-0.2, -0.15) is 5.10 Å². The zero-order chi connectivity index (χ0) is 13.7. The predicted octanol–water partition coefficient (Wildman–Crippen LogP) is 2.34. The number of hydrogen-bond acceptors (Lipinski definition) is 3. The summed E-state index contributed by atoms with van der Waals surface area (Å²) < 4.78 is 1.71. The van der Waals surface area contributed by atoms with Crippen LogP contribution < -0.4 is 10.2 Å². The van der Waals surface area contributed by atoms with Gasteiger partial charge in [0, 0.05) is 50.8 Å². The summed E-state index contributed by atoms with van der Waals surface area (Å²) in [6.07, 6.45) is 5.50. The van der Waals surface area contributed by atoms with Crippen LogP contribution in [0.4, 0.5) is 5.69 Å². The molecular weight excluding hydrogens is 236 g/mol. The Balaban J connectivity index is 1.83. The number of anilines is 1. The van der Waals surface area contributed by atoms with Gasteiger partial charge in [-0.25, -0.2) is 4.68 Å². The van der Waals surface area contributed by atoms with E-state index in [0.29, 0.717) is 0 Å². The summed E-state index contributed by atoms with van der Waals surface area (Å²) in [5.74, 6) is 0. The van der Waals surface area contributed by atoms with Crippen LogP contribution in [0.2, 0.25) is 0 Å². The van der Waals surface area contributed by atoms with Crippen LogP contribution in [0.1, 0.15) is 11.1 Å². The highest BCUT2D eigenvalue weighted by molar-refractivity contribution is 5.45. The SMILES string of the molecule is C=Cn1cc(CNCc2ccc(N(C)C)cc2)cn1. The second kappa shape index (κ2) is 6.20. The molecule has 2 rings (SSSR count). The van der Waals surface area contributed by atoms with Crippen molar-refractivity contribution >= 4 is 11.9 Å². The van der Waals surface area contributed by atoms with Gasteiger partial charge in [-0.15, -0.1) is 0 Å². The third-order valence-electron chi connectivity index (χ3n) is 2.95. The molecule has 0 aliphatic heterocycles. The monoisotopic (exact) mass is 256 g/mol. The van der Waals surface area contributed by atoms with Crippen LogP contribution in [0, 0.1) is 0 Å². The van der Waals surface area contributed by atoms with Gasteiger partial charge in [0.1, 0.15) is 0 Å². The van der Waals surface area contributed by atoms with E-state index in [4.69, 9.17) is 0 Å². The zero-order valence-corrected chi connectivity index (χ0v) is 11.5. The van der Waals surface area contributed by atoms with Crippen molar-refractivity contribution < 1.29 is 0 Å². The van der Waals surface area contributed by atoms with Crippen LogP contribution >= 0.6 is 0 Å². The maximum Gasteiger partial charge on any atom is 0.0538 e. The molecule has 1 aromatic heterocycles. The number of nitrogens with one attached hydrogen (secondary N) is 1. The van der Waals surface area contributed by atoms with Crippen molar-refractivity contribution in [2.75, 3.05) is 19.0 Å². The van der Waals surface area contributed by atoms with Gasteiger partial charge >= 0.3 is 0 Å². The second-order valence-electron chi connectivity index (χ2n) is 4.68. The molecule has 0 spiro atoms. The lowest BCUT2D eigenvalue weighted by atomic mass is 10.2. The van der Waals surface area contributed by atoms with Crippen LogP contribution in [0.5, 0.6) is 0 Å². The van der Waals surface area contributed by atoms with Crippen molar-refractivity contribution in [1.29, 1.82) is 0 Å². The highest BCUT2D eigenvalue weighted by Crippen LogP contribution is 2.12. The van der Waals surface area contributed by atoms with E-state index in [-0.39, 0.29) is 0 Å². The number of rotatable bonds is 6. The molecule has 0 fully saturated rings. The molecule has 0 saturated heterocycles. The lowest BCUT2D eigenvalue weighted by Crippen LogP contribution is -2.13. The summed E-state index contributed by atoms with van der Waals surface area (Å²) in [5.41, 5.74) is 3.66. The van der Waals surface area contributed by atoms with Crippen molar-refractivity contribution in [3.8, 4) is 0 Å². The van der Waals surface area contributed by atoms with E-state index < -0.39 is 0 Å². The van der Waals surface area contributed by atoms with Crippen molar-refractivity contribution in [3.63, 3.8) is 0 Å². The van der Waals surface area contributed by atoms with Crippen LogP contribution in [0.15, 0.2) is 43.2 Å². The molecule has 1 N–H and O–H groups in total. The summed E-state index contributed by atoms with van der Waals surface area (Å²) >= 11 is 0. The lowest BCUT2D eigenvalue weighted by molar-refractivity contribution is 0.693. The van der Waals surface area contributed by atoms with Crippen molar-refractivity contribution in [2.45, 2.75) is 13.1 Å². The molecule has 19 heavy (non-hydrogen) atoms. The molecule has 0 atom stereocenters. The van der Waals surface area contributed by atoms with E-state index in [2.05, 4.69) is 46.2 Å². The van der Waals surface area contributed by atoms with Gasteiger partial charge in [0.2, 0.25) is 0 Å². The second-order valence-corrected chi connectivity index (χ2v) is 4.68. The first kappa shape index (κ1) is 13.4. The Hall–Kier alpha value is -2.07. The molecule has 0 saturated carbocycles. The summed E-state index contributed by atoms with van der Waals surface area (Å²) in [5, 5.41) is 7.55. The van der Waals surface area contributed by atoms with E-state index in [1.807, 2.05) is 26.5 Å². The Morgan fingerprint density at radius 1 is 1.21 bits per heavy atom. The molecule has 0 radical (unpaired) electrons. The van der Waals surface area contributed by atoms with E-state index >= 15 is 0 Å². The van der Waals surface area contributed by atoms with Gasteiger partial charge in [0.25, 0.3) is 0 Å². The fourth-order valence-electron chi connectivity index (χ4n) is 1.83. The van der Waals surface area contributed by atoms with Gasteiger partial charge < -0.3 is 10.2 Å².